The second kappa shape index (κ2) is 7.36. The van der Waals surface area contributed by atoms with E-state index in [4.69, 9.17) is 4.74 Å². The van der Waals surface area contributed by atoms with Gasteiger partial charge in [0.05, 0.1) is 25.3 Å². The number of hydrogen-bond donors (Lipinski definition) is 1. The van der Waals surface area contributed by atoms with E-state index >= 15 is 0 Å². The van der Waals surface area contributed by atoms with Gasteiger partial charge in [-0.15, -0.1) is 0 Å². The standard InChI is InChI=1S/C20H20FN3O3/c21-14-1-5-17(6-2-14)24-19(25)13-18(20(24)26)22-15-3-7-16(8-4-15)23-9-11-27-12-10-23/h1-8,18,22H,9-13H2/t18-/m1/s1. The average Bonchev–Trinajstić information content (AvgIpc) is 2.97. The lowest BCUT2D eigenvalue weighted by atomic mass is 10.2. The van der Waals surface area contributed by atoms with Gasteiger partial charge in [-0.3, -0.25) is 9.59 Å². The molecule has 0 aliphatic carbocycles. The van der Waals surface area contributed by atoms with Gasteiger partial charge in [-0.25, -0.2) is 9.29 Å². The fourth-order valence-electron chi connectivity index (χ4n) is 3.40. The van der Waals surface area contributed by atoms with Gasteiger partial charge in [0.25, 0.3) is 5.91 Å². The zero-order valence-electron chi connectivity index (χ0n) is 14.7. The van der Waals surface area contributed by atoms with Crippen molar-refractivity contribution in [2.24, 2.45) is 0 Å². The molecule has 0 radical (unpaired) electrons. The molecule has 0 bridgehead atoms. The summed E-state index contributed by atoms with van der Waals surface area (Å²) >= 11 is 0. The number of anilines is 3. The lowest BCUT2D eigenvalue weighted by Crippen LogP contribution is -2.36. The molecular formula is C20H20FN3O3. The van der Waals surface area contributed by atoms with Gasteiger partial charge in [-0.2, -0.15) is 0 Å². The van der Waals surface area contributed by atoms with E-state index in [-0.39, 0.29) is 18.2 Å². The van der Waals surface area contributed by atoms with Crippen LogP contribution in [-0.4, -0.2) is 44.2 Å². The first-order valence-corrected chi connectivity index (χ1v) is 8.93. The van der Waals surface area contributed by atoms with Crippen LogP contribution in [0.25, 0.3) is 0 Å². The van der Waals surface area contributed by atoms with E-state index in [0.717, 1.165) is 42.6 Å². The van der Waals surface area contributed by atoms with Crippen LogP contribution in [-0.2, 0) is 14.3 Å². The molecule has 2 aliphatic heterocycles. The van der Waals surface area contributed by atoms with Crippen molar-refractivity contribution in [1.82, 2.24) is 0 Å². The molecule has 2 aromatic rings. The van der Waals surface area contributed by atoms with Crippen LogP contribution < -0.4 is 15.1 Å². The van der Waals surface area contributed by atoms with Crippen molar-refractivity contribution in [1.29, 1.82) is 0 Å². The maximum atomic E-state index is 13.1. The van der Waals surface area contributed by atoms with Crippen LogP contribution in [0.4, 0.5) is 21.5 Å². The molecule has 27 heavy (non-hydrogen) atoms. The highest BCUT2D eigenvalue weighted by Crippen LogP contribution is 2.26. The molecule has 0 unspecified atom stereocenters. The molecule has 4 rings (SSSR count). The molecule has 2 amide bonds. The lowest BCUT2D eigenvalue weighted by molar-refractivity contribution is -0.121. The minimum absolute atomic E-state index is 0.0709. The number of nitrogens with zero attached hydrogens (tertiary/aromatic N) is 2. The fraction of sp³-hybridized carbons (Fsp3) is 0.300. The molecule has 1 atom stereocenters. The number of hydrogen-bond acceptors (Lipinski definition) is 5. The molecular weight excluding hydrogens is 349 g/mol. The van der Waals surface area contributed by atoms with Gasteiger partial charge in [0.2, 0.25) is 5.91 Å². The Bertz CT molecular complexity index is 833. The van der Waals surface area contributed by atoms with Crippen LogP contribution in [0.3, 0.4) is 0 Å². The number of amides is 2. The third-order valence-electron chi connectivity index (χ3n) is 4.82. The summed E-state index contributed by atoms with van der Waals surface area (Å²) < 4.78 is 18.4. The summed E-state index contributed by atoms with van der Waals surface area (Å²) in [5.74, 6) is -1.04. The monoisotopic (exact) mass is 369 g/mol. The highest BCUT2D eigenvalue weighted by atomic mass is 19.1. The van der Waals surface area contributed by atoms with E-state index < -0.39 is 11.9 Å². The minimum Gasteiger partial charge on any atom is -0.378 e. The number of benzene rings is 2. The van der Waals surface area contributed by atoms with Gasteiger partial charge in [0.15, 0.2) is 0 Å². The van der Waals surface area contributed by atoms with Crippen LogP contribution in [0.1, 0.15) is 6.42 Å². The first kappa shape index (κ1) is 17.5. The van der Waals surface area contributed by atoms with Gasteiger partial charge in [-0.1, -0.05) is 0 Å². The highest BCUT2D eigenvalue weighted by molar-refractivity contribution is 6.23. The van der Waals surface area contributed by atoms with Crippen molar-refractivity contribution >= 4 is 28.9 Å². The predicted molar refractivity (Wildman–Crippen MR) is 100 cm³/mol. The van der Waals surface area contributed by atoms with Crippen LogP contribution in [0.2, 0.25) is 0 Å². The Labute approximate surface area is 156 Å². The third kappa shape index (κ3) is 3.64. The van der Waals surface area contributed by atoms with Crippen LogP contribution in [0.15, 0.2) is 48.5 Å². The molecule has 6 nitrogen and oxygen atoms in total. The van der Waals surface area contributed by atoms with Gasteiger partial charge in [0.1, 0.15) is 11.9 Å². The normalized spacial score (nSPS) is 20.3. The van der Waals surface area contributed by atoms with E-state index in [2.05, 4.69) is 10.2 Å². The first-order valence-electron chi connectivity index (χ1n) is 8.93. The SMILES string of the molecule is O=C1C[C@@H](Nc2ccc(N3CCOCC3)cc2)C(=O)N1c1ccc(F)cc1. The van der Waals surface area contributed by atoms with Gasteiger partial charge < -0.3 is 15.0 Å². The Morgan fingerprint density at radius 2 is 1.56 bits per heavy atom. The minimum atomic E-state index is -0.628. The second-order valence-electron chi connectivity index (χ2n) is 6.59. The molecule has 0 saturated carbocycles. The Kier molecular flexibility index (Phi) is 4.77. The second-order valence-corrected chi connectivity index (χ2v) is 6.59. The largest absolute Gasteiger partial charge is 0.378 e. The number of rotatable bonds is 4. The van der Waals surface area contributed by atoms with Crippen molar-refractivity contribution in [3.63, 3.8) is 0 Å². The number of ether oxygens (including phenoxy) is 1. The predicted octanol–water partition coefficient (Wildman–Crippen LogP) is 2.41. The number of carbonyl (C=O) groups excluding carboxylic acids is 2. The van der Waals surface area contributed by atoms with Crippen LogP contribution in [0, 0.1) is 5.82 Å². The number of imide groups is 1. The molecule has 0 spiro atoms. The molecule has 2 fully saturated rings. The van der Waals surface area contributed by atoms with Crippen molar-refractivity contribution in [3.8, 4) is 0 Å². The Morgan fingerprint density at radius 3 is 2.22 bits per heavy atom. The summed E-state index contributed by atoms with van der Waals surface area (Å²) in [6.45, 7) is 3.15. The zero-order valence-corrected chi connectivity index (χ0v) is 14.7. The fourth-order valence-corrected chi connectivity index (χ4v) is 3.40. The molecule has 2 aromatic carbocycles. The number of halogens is 1. The summed E-state index contributed by atoms with van der Waals surface area (Å²) in [5, 5.41) is 3.13. The number of morpholine rings is 1. The first-order chi connectivity index (χ1) is 13.1. The Morgan fingerprint density at radius 1 is 0.926 bits per heavy atom. The number of carbonyl (C=O) groups is 2. The summed E-state index contributed by atoms with van der Waals surface area (Å²) in [5.41, 5.74) is 2.27. The molecule has 2 saturated heterocycles. The molecule has 7 heteroatoms. The smallest absolute Gasteiger partial charge is 0.256 e. The molecule has 2 heterocycles. The lowest BCUT2D eigenvalue weighted by Gasteiger charge is -2.29. The maximum Gasteiger partial charge on any atom is 0.256 e. The van der Waals surface area contributed by atoms with E-state index in [1.165, 1.54) is 24.3 Å². The topological polar surface area (TPSA) is 61.9 Å². The molecule has 1 N–H and O–H groups in total. The van der Waals surface area contributed by atoms with Gasteiger partial charge >= 0.3 is 0 Å². The Balaban J connectivity index is 1.44. The third-order valence-corrected chi connectivity index (χ3v) is 4.82. The van der Waals surface area contributed by atoms with E-state index in [0.29, 0.717) is 5.69 Å². The Hall–Kier alpha value is -2.93. The van der Waals surface area contributed by atoms with Gasteiger partial charge in [-0.05, 0) is 48.5 Å². The summed E-state index contributed by atoms with van der Waals surface area (Å²) in [6.07, 6.45) is 0.0709. The summed E-state index contributed by atoms with van der Waals surface area (Å²) in [4.78, 5) is 28.3. The molecule has 2 aliphatic rings. The maximum absolute atomic E-state index is 13.1. The number of nitrogens with one attached hydrogen (secondary N) is 1. The quantitative estimate of drug-likeness (QED) is 0.839. The molecule has 140 valence electrons. The highest BCUT2D eigenvalue weighted by Gasteiger charge is 2.39. The summed E-state index contributed by atoms with van der Waals surface area (Å²) in [6, 6.07) is 12.5. The summed E-state index contributed by atoms with van der Waals surface area (Å²) in [7, 11) is 0. The van der Waals surface area contributed by atoms with E-state index in [1.54, 1.807) is 0 Å². The van der Waals surface area contributed by atoms with Crippen LogP contribution in [0.5, 0.6) is 0 Å². The van der Waals surface area contributed by atoms with Crippen molar-refractivity contribution in [2.45, 2.75) is 12.5 Å². The van der Waals surface area contributed by atoms with E-state index in [1.807, 2.05) is 24.3 Å². The zero-order chi connectivity index (χ0) is 18.8. The van der Waals surface area contributed by atoms with Gasteiger partial charge in [0, 0.05) is 24.5 Å². The molecule has 0 aromatic heterocycles. The van der Waals surface area contributed by atoms with Crippen molar-refractivity contribution in [3.05, 3.63) is 54.3 Å². The van der Waals surface area contributed by atoms with Crippen molar-refractivity contribution < 1.29 is 18.7 Å². The van der Waals surface area contributed by atoms with Crippen LogP contribution >= 0.6 is 0 Å². The average molecular weight is 369 g/mol. The van der Waals surface area contributed by atoms with E-state index in [9.17, 15) is 14.0 Å². The van der Waals surface area contributed by atoms with Crippen molar-refractivity contribution in [2.75, 3.05) is 41.4 Å².